The lowest BCUT2D eigenvalue weighted by atomic mass is 10.1. The second-order valence-corrected chi connectivity index (χ2v) is 5.94. The fraction of sp³-hybridized carbons (Fsp3) is 0.842. The van der Waals surface area contributed by atoms with E-state index in [-0.39, 0.29) is 5.97 Å². The van der Waals surface area contributed by atoms with E-state index in [9.17, 15) is 4.79 Å². The van der Waals surface area contributed by atoms with Gasteiger partial charge in [0.1, 0.15) is 0 Å². The highest BCUT2D eigenvalue weighted by molar-refractivity contribution is 5.69. The summed E-state index contributed by atoms with van der Waals surface area (Å²) >= 11 is 0. The Balaban J connectivity index is 3.08. The second-order valence-electron chi connectivity index (χ2n) is 5.94. The van der Waals surface area contributed by atoms with E-state index >= 15 is 0 Å². The third kappa shape index (κ3) is 17.2. The average Bonchev–Trinajstić information content (AvgIpc) is 2.48. The number of carbonyl (C=O) groups is 1. The van der Waals surface area contributed by atoms with Crippen molar-refractivity contribution in [1.29, 1.82) is 0 Å². The molecule has 0 N–H and O–H groups in total. The maximum Gasteiger partial charge on any atom is 0.305 e. The van der Waals surface area contributed by atoms with E-state index in [1.165, 1.54) is 64.2 Å². The summed E-state index contributed by atoms with van der Waals surface area (Å²) in [4.78, 5) is 11.4. The normalized spacial score (nSPS) is 10.5. The number of rotatable bonds is 16. The number of hydrogen-bond donors (Lipinski definition) is 0. The van der Waals surface area contributed by atoms with Crippen LogP contribution in [0.4, 0.5) is 0 Å². The van der Waals surface area contributed by atoms with Crippen LogP contribution in [0.3, 0.4) is 0 Å². The first-order chi connectivity index (χ1) is 10.3. The van der Waals surface area contributed by atoms with Gasteiger partial charge in [-0.3, -0.25) is 4.79 Å². The van der Waals surface area contributed by atoms with Gasteiger partial charge in [0.2, 0.25) is 0 Å². The van der Waals surface area contributed by atoms with Crippen LogP contribution in [0.25, 0.3) is 0 Å². The number of esters is 1. The Morgan fingerprint density at radius 1 is 0.857 bits per heavy atom. The molecule has 0 fully saturated rings. The van der Waals surface area contributed by atoms with Crippen molar-refractivity contribution in [2.24, 2.45) is 0 Å². The molecule has 0 aliphatic carbocycles. The first-order valence-corrected chi connectivity index (χ1v) is 9.07. The van der Waals surface area contributed by atoms with Crippen LogP contribution < -0.4 is 0 Å². The molecule has 2 heteroatoms. The molecule has 124 valence electrons. The fourth-order valence-electron chi connectivity index (χ4n) is 2.37. The lowest BCUT2D eigenvalue weighted by molar-refractivity contribution is -0.143. The summed E-state index contributed by atoms with van der Waals surface area (Å²) in [6.45, 7) is 6.45. The van der Waals surface area contributed by atoms with Gasteiger partial charge in [0.05, 0.1) is 6.61 Å². The zero-order valence-corrected chi connectivity index (χ0v) is 14.2. The van der Waals surface area contributed by atoms with Crippen molar-refractivity contribution in [3.63, 3.8) is 0 Å². The fourth-order valence-corrected chi connectivity index (χ4v) is 2.37. The Labute approximate surface area is 132 Å². The highest BCUT2D eigenvalue weighted by Gasteiger charge is 2.01. The highest BCUT2D eigenvalue weighted by Crippen LogP contribution is 2.12. The van der Waals surface area contributed by atoms with Crippen molar-refractivity contribution >= 4 is 5.97 Å². The summed E-state index contributed by atoms with van der Waals surface area (Å²) in [5, 5.41) is 0. The molecule has 0 aliphatic rings. The average molecular weight is 296 g/mol. The van der Waals surface area contributed by atoms with Crippen LogP contribution in [0.15, 0.2) is 12.7 Å². The van der Waals surface area contributed by atoms with Gasteiger partial charge in [0, 0.05) is 6.42 Å². The summed E-state index contributed by atoms with van der Waals surface area (Å²) in [5.41, 5.74) is 0. The summed E-state index contributed by atoms with van der Waals surface area (Å²) in [7, 11) is 0. The quantitative estimate of drug-likeness (QED) is 0.193. The molecule has 0 atom stereocenters. The van der Waals surface area contributed by atoms with Crippen molar-refractivity contribution in [2.45, 2.75) is 96.8 Å². The van der Waals surface area contributed by atoms with Crippen LogP contribution in [0.5, 0.6) is 0 Å². The Bertz CT molecular complexity index is 236. The number of ether oxygens (including phenoxy) is 1. The third-order valence-electron chi connectivity index (χ3n) is 3.80. The van der Waals surface area contributed by atoms with Crippen LogP contribution in [0, 0.1) is 0 Å². The van der Waals surface area contributed by atoms with Crippen LogP contribution in [0.1, 0.15) is 96.8 Å². The van der Waals surface area contributed by atoms with Gasteiger partial charge in [-0.25, -0.2) is 0 Å². The predicted octanol–water partition coefficient (Wildman–Crippen LogP) is 6.20. The molecule has 0 aromatic rings. The minimum atomic E-state index is -0.0111. The number of unbranched alkanes of at least 4 members (excludes halogenated alkanes) is 11. The van der Waals surface area contributed by atoms with Crippen LogP contribution in [0.2, 0.25) is 0 Å². The highest BCUT2D eigenvalue weighted by atomic mass is 16.5. The zero-order valence-electron chi connectivity index (χ0n) is 14.2. The second kappa shape index (κ2) is 17.3. The minimum Gasteiger partial charge on any atom is -0.466 e. The Hall–Kier alpha value is -0.790. The maximum atomic E-state index is 11.4. The van der Waals surface area contributed by atoms with Gasteiger partial charge in [-0.05, 0) is 25.7 Å². The SMILES string of the molecule is C=CCCCCCCCCCCCCC(=O)OCCCC. The molecule has 0 aromatic heterocycles. The molecular formula is C19H36O2. The molecule has 0 heterocycles. The lowest BCUT2D eigenvalue weighted by Crippen LogP contribution is -2.05. The Morgan fingerprint density at radius 2 is 1.38 bits per heavy atom. The molecule has 0 rings (SSSR count). The Morgan fingerprint density at radius 3 is 1.90 bits per heavy atom. The van der Waals surface area contributed by atoms with Crippen LogP contribution in [-0.2, 0) is 9.53 Å². The number of allylic oxidation sites excluding steroid dienone is 1. The zero-order chi connectivity index (χ0) is 15.6. The molecule has 0 radical (unpaired) electrons. The molecule has 0 amide bonds. The first-order valence-electron chi connectivity index (χ1n) is 9.07. The van der Waals surface area contributed by atoms with Gasteiger partial charge in [-0.2, -0.15) is 0 Å². The summed E-state index contributed by atoms with van der Waals surface area (Å²) < 4.78 is 5.14. The van der Waals surface area contributed by atoms with E-state index in [0.717, 1.165) is 19.3 Å². The standard InChI is InChI=1S/C19H36O2/c1-3-5-7-8-9-10-11-12-13-14-15-16-17-19(20)21-18-6-4-2/h3H,1,4-18H2,2H3. The van der Waals surface area contributed by atoms with Crippen molar-refractivity contribution in [3.8, 4) is 0 Å². The van der Waals surface area contributed by atoms with E-state index < -0.39 is 0 Å². The van der Waals surface area contributed by atoms with E-state index in [0.29, 0.717) is 13.0 Å². The van der Waals surface area contributed by atoms with Crippen molar-refractivity contribution < 1.29 is 9.53 Å². The van der Waals surface area contributed by atoms with Gasteiger partial charge in [-0.1, -0.05) is 70.8 Å². The van der Waals surface area contributed by atoms with Gasteiger partial charge < -0.3 is 4.74 Å². The maximum absolute atomic E-state index is 11.4. The van der Waals surface area contributed by atoms with Gasteiger partial charge in [-0.15, -0.1) is 6.58 Å². The molecule has 0 saturated heterocycles. The molecular weight excluding hydrogens is 260 g/mol. The molecule has 0 saturated carbocycles. The van der Waals surface area contributed by atoms with Crippen LogP contribution >= 0.6 is 0 Å². The largest absolute Gasteiger partial charge is 0.466 e. The lowest BCUT2D eigenvalue weighted by Gasteiger charge is -2.04. The molecule has 0 aliphatic heterocycles. The molecule has 2 nitrogen and oxygen atoms in total. The molecule has 0 bridgehead atoms. The Kier molecular flexibility index (Phi) is 16.6. The molecule has 0 spiro atoms. The van der Waals surface area contributed by atoms with E-state index in [1.807, 2.05) is 6.08 Å². The van der Waals surface area contributed by atoms with E-state index in [2.05, 4.69) is 13.5 Å². The van der Waals surface area contributed by atoms with E-state index in [1.54, 1.807) is 0 Å². The predicted molar refractivity (Wildman–Crippen MR) is 91.5 cm³/mol. The van der Waals surface area contributed by atoms with Gasteiger partial charge in [0.25, 0.3) is 0 Å². The topological polar surface area (TPSA) is 26.3 Å². The summed E-state index contributed by atoms with van der Waals surface area (Å²) in [6, 6.07) is 0. The monoisotopic (exact) mass is 296 g/mol. The minimum absolute atomic E-state index is 0.0111. The van der Waals surface area contributed by atoms with Gasteiger partial charge >= 0.3 is 5.97 Å². The van der Waals surface area contributed by atoms with Crippen LogP contribution in [-0.4, -0.2) is 12.6 Å². The molecule has 0 unspecified atom stereocenters. The summed E-state index contributed by atoms with van der Waals surface area (Å²) in [5.74, 6) is -0.0111. The number of hydrogen-bond acceptors (Lipinski definition) is 2. The molecule has 21 heavy (non-hydrogen) atoms. The van der Waals surface area contributed by atoms with Crippen molar-refractivity contribution in [3.05, 3.63) is 12.7 Å². The van der Waals surface area contributed by atoms with Gasteiger partial charge in [0.15, 0.2) is 0 Å². The molecule has 0 aromatic carbocycles. The summed E-state index contributed by atoms with van der Waals surface area (Å²) in [6.07, 6.45) is 18.7. The smallest absolute Gasteiger partial charge is 0.305 e. The number of carbonyl (C=O) groups excluding carboxylic acids is 1. The van der Waals surface area contributed by atoms with E-state index in [4.69, 9.17) is 4.74 Å². The van der Waals surface area contributed by atoms with Crippen molar-refractivity contribution in [1.82, 2.24) is 0 Å². The third-order valence-corrected chi connectivity index (χ3v) is 3.80. The van der Waals surface area contributed by atoms with Crippen molar-refractivity contribution in [2.75, 3.05) is 6.61 Å². The first kappa shape index (κ1) is 20.2.